The van der Waals surface area contributed by atoms with Gasteiger partial charge in [0.25, 0.3) is 0 Å². The van der Waals surface area contributed by atoms with Gasteiger partial charge >= 0.3 is 17.6 Å². The first-order valence-electron chi connectivity index (χ1n) is 12.4. The van der Waals surface area contributed by atoms with Crippen LogP contribution >= 0.6 is 11.8 Å². The van der Waals surface area contributed by atoms with E-state index in [4.69, 9.17) is 26.6 Å². The number of rotatable bonds is 22. The maximum absolute atomic E-state index is 6.37. The van der Waals surface area contributed by atoms with Crippen molar-refractivity contribution >= 4 is 29.4 Å². The van der Waals surface area contributed by atoms with Crippen molar-refractivity contribution in [3.8, 4) is 0 Å². The van der Waals surface area contributed by atoms with Gasteiger partial charge in [-0.1, -0.05) is 41.5 Å². The lowest BCUT2D eigenvalue weighted by molar-refractivity contribution is 0.0570. The predicted molar refractivity (Wildman–Crippen MR) is 135 cm³/mol. The maximum atomic E-state index is 6.37. The normalized spacial score (nSPS) is 14.7. The van der Waals surface area contributed by atoms with Crippen LogP contribution in [-0.2, 0) is 26.6 Å². The number of hydrogen-bond donors (Lipinski definition) is 0. The molecule has 0 spiro atoms. The van der Waals surface area contributed by atoms with Crippen molar-refractivity contribution in [2.45, 2.75) is 104 Å². The molecule has 0 N–H and O–H groups in total. The van der Waals surface area contributed by atoms with Crippen molar-refractivity contribution in [1.82, 2.24) is 0 Å². The number of thioether (sulfide) groups is 1. The van der Waals surface area contributed by atoms with Gasteiger partial charge in [-0.2, -0.15) is 0 Å². The Balaban J connectivity index is 5.74. The van der Waals surface area contributed by atoms with Gasteiger partial charge in [-0.3, -0.25) is 0 Å². The molecule has 0 rings (SSSR count). The molecule has 0 heterocycles. The topological polar surface area (TPSA) is 55.4 Å². The zero-order chi connectivity index (χ0) is 23.6. The third kappa shape index (κ3) is 11.5. The van der Waals surface area contributed by atoms with E-state index in [0.717, 1.165) is 38.5 Å². The highest BCUT2D eigenvalue weighted by Gasteiger charge is 2.54. The van der Waals surface area contributed by atoms with Gasteiger partial charge < -0.3 is 26.6 Å². The van der Waals surface area contributed by atoms with Crippen LogP contribution in [0.15, 0.2) is 0 Å². The average Bonchev–Trinajstić information content (AvgIpc) is 2.78. The summed E-state index contributed by atoms with van der Waals surface area (Å²) >= 11 is 1.79. The molecular weight excluding hydrogens is 448 g/mol. The van der Waals surface area contributed by atoms with Crippen molar-refractivity contribution in [2.75, 3.05) is 39.6 Å². The van der Waals surface area contributed by atoms with Gasteiger partial charge in [-0.15, -0.1) is 11.8 Å². The Hall–Kier alpha value is 0.544. The largest absolute Gasteiger partial charge is 0.514 e. The van der Waals surface area contributed by atoms with Crippen LogP contribution in [0.3, 0.4) is 0 Å². The summed E-state index contributed by atoms with van der Waals surface area (Å²) in [5, 5.41) is 0. The summed E-state index contributed by atoms with van der Waals surface area (Å²) in [5.74, 6) is 0. The van der Waals surface area contributed by atoms with Crippen LogP contribution in [0.2, 0.25) is 0 Å². The fraction of sp³-hybridized carbons (Fsp3) is 1.00. The zero-order valence-electron chi connectivity index (χ0n) is 21.5. The van der Waals surface area contributed by atoms with E-state index in [2.05, 4.69) is 55.4 Å². The first kappa shape index (κ1) is 31.5. The third-order valence-corrected chi connectivity index (χ3v) is 13.4. The van der Waals surface area contributed by atoms with Crippen molar-refractivity contribution in [2.24, 2.45) is 0 Å². The minimum absolute atomic E-state index is 0.0553. The predicted octanol–water partition coefficient (Wildman–Crippen LogP) is 6.01. The Morgan fingerprint density at radius 2 is 0.645 bits per heavy atom. The summed E-state index contributed by atoms with van der Waals surface area (Å²) in [6, 6.07) is 0. The lowest BCUT2D eigenvalue weighted by Gasteiger charge is -2.38. The number of hydrogen-bond acceptors (Lipinski definition) is 7. The molecule has 2 atom stereocenters. The highest BCUT2D eigenvalue weighted by Crippen LogP contribution is 2.35. The molecule has 6 nitrogen and oxygen atoms in total. The highest BCUT2D eigenvalue weighted by atomic mass is 32.2. The molecule has 0 bridgehead atoms. The van der Waals surface area contributed by atoms with Gasteiger partial charge in [-0.05, 0) is 52.4 Å². The Morgan fingerprint density at radius 3 is 0.806 bits per heavy atom. The summed E-state index contributed by atoms with van der Waals surface area (Å²) < 4.78 is 38.2. The lowest BCUT2D eigenvalue weighted by atomic mass is 10.5. The Bertz CT molecular complexity index is 340. The van der Waals surface area contributed by atoms with E-state index < -0.39 is 17.6 Å². The fourth-order valence-corrected chi connectivity index (χ4v) is 12.5. The first-order chi connectivity index (χ1) is 14.9. The summed E-state index contributed by atoms with van der Waals surface area (Å²) in [5.41, 5.74) is 0. The van der Waals surface area contributed by atoms with Gasteiger partial charge in [-0.25, -0.2) is 0 Å². The standard InChI is InChI=1S/C22H50O6SSi2/c1-9-15-23-30(24-16-10-2,25-17-11-3)21(7)29-22(8)31(26-18-12-4,27-19-13-5)28-20-14-6/h21-22H,9-20H2,1-8H3. The van der Waals surface area contributed by atoms with Crippen LogP contribution < -0.4 is 0 Å². The molecule has 0 saturated heterocycles. The van der Waals surface area contributed by atoms with Crippen LogP contribution in [0.25, 0.3) is 0 Å². The van der Waals surface area contributed by atoms with E-state index in [1.807, 2.05) is 0 Å². The van der Waals surface area contributed by atoms with Crippen molar-refractivity contribution in [3.63, 3.8) is 0 Å². The van der Waals surface area contributed by atoms with Crippen molar-refractivity contribution in [1.29, 1.82) is 0 Å². The second kappa shape index (κ2) is 18.9. The monoisotopic (exact) mass is 498 g/mol. The van der Waals surface area contributed by atoms with Crippen LogP contribution in [0.1, 0.15) is 93.9 Å². The molecule has 0 aliphatic carbocycles. The van der Waals surface area contributed by atoms with E-state index in [1.54, 1.807) is 11.8 Å². The molecule has 188 valence electrons. The molecule has 0 amide bonds. The lowest BCUT2D eigenvalue weighted by Crippen LogP contribution is -2.59. The van der Waals surface area contributed by atoms with Gasteiger partial charge in [0.05, 0.1) is 9.75 Å². The minimum atomic E-state index is -2.88. The zero-order valence-corrected chi connectivity index (χ0v) is 24.3. The molecule has 0 radical (unpaired) electrons. The van der Waals surface area contributed by atoms with Crippen LogP contribution in [0, 0.1) is 0 Å². The van der Waals surface area contributed by atoms with Crippen LogP contribution in [-0.4, -0.2) is 67.0 Å². The summed E-state index contributed by atoms with van der Waals surface area (Å²) in [6.07, 6.45) is 5.61. The summed E-state index contributed by atoms with van der Waals surface area (Å²) in [6.45, 7) is 20.9. The first-order valence-corrected chi connectivity index (χ1v) is 16.9. The van der Waals surface area contributed by atoms with Crippen LogP contribution in [0.4, 0.5) is 0 Å². The van der Waals surface area contributed by atoms with Crippen molar-refractivity contribution < 1.29 is 26.6 Å². The van der Waals surface area contributed by atoms with Gasteiger partial charge in [0.2, 0.25) is 0 Å². The molecule has 0 aliphatic heterocycles. The van der Waals surface area contributed by atoms with E-state index >= 15 is 0 Å². The summed E-state index contributed by atoms with van der Waals surface area (Å²) in [4.78, 5) is 0.111. The molecule has 0 fully saturated rings. The van der Waals surface area contributed by atoms with Gasteiger partial charge in [0.15, 0.2) is 0 Å². The molecule has 0 aliphatic rings. The molecular formula is C22H50O6SSi2. The Labute approximate surface area is 199 Å². The second-order valence-electron chi connectivity index (χ2n) is 7.72. The highest BCUT2D eigenvalue weighted by molar-refractivity contribution is 8.03. The van der Waals surface area contributed by atoms with E-state index in [-0.39, 0.29) is 9.75 Å². The van der Waals surface area contributed by atoms with Crippen molar-refractivity contribution in [3.05, 3.63) is 0 Å². The van der Waals surface area contributed by atoms with E-state index in [9.17, 15) is 0 Å². The maximum Gasteiger partial charge on any atom is 0.514 e. The molecule has 0 aromatic heterocycles. The molecule has 0 saturated carbocycles. The smallest absolute Gasteiger partial charge is 0.373 e. The molecule has 2 unspecified atom stereocenters. The average molecular weight is 499 g/mol. The third-order valence-electron chi connectivity index (χ3n) is 4.45. The summed E-state index contributed by atoms with van der Waals surface area (Å²) in [7, 11) is -5.76. The van der Waals surface area contributed by atoms with Gasteiger partial charge in [0, 0.05) is 39.6 Å². The molecule has 0 aromatic carbocycles. The van der Waals surface area contributed by atoms with Crippen LogP contribution in [0.5, 0.6) is 0 Å². The van der Waals surface area contributed by atoms with E-state index in [0.29, 0.717) is 39.6 Å². The van der Waals surface area contributed by atoms with E-state index in [1.165, 1.54) is 0 Å². The minimum Gasteiger partial charge on any atom is -0.373 e. The molecule has 9 heteroatoms. The quantitative estimate of drug-likeness (QED) is 0.169. The Kier molecular flexibility index (Phi) is 19.2. The SMILES string of the molecule is CCCO[Si](OCCC)(OCCC)C(C)SC(C)[Si](OCCC)(OCCC)OCCC. The fourth-order valence-electron chi connectivity index (χ4n) is 2.89. The Morgan fingerprint density at radius 1 is 0.452 bits per heavy atom. The molecule has 31 heavy (non-hydrogen) atoms. The van der Waals surface area contributed by atoms with Gasteiger partial charge in [0.1, 0.15) is 0 Å². The second-order valence-corrected chi connectivity index (χ2v) is 16.1. The molecule has 0 aromatic rings.